The average molecular weight is 413 g/mol. The molecule has 0 aliphatic carbocycles. The van der Waals surface area contributed by atoms with Crippen molar-refractivity contribution in [2.75, 3.05) is 6.54 Å². The predicted molar refractivity (Wildman–Crippen MR) is 114 cm³/mol. The molecule has 1 N–H and O–H groups in total. The smallest absolute Gasteiger partial charge is 0.247 e. The van der Waals surface area contributed by atoms with E-state index in [9.17, 15) is 14.0 Å². The third kappa shape index (κ3) is 6.05. The molecule has 2 rings (SSSR count). The van der Waals surface area contributed by atoms with E-state index in [1.165, 1.54) is 47.3 Å². The predicted octanol–water partition coefficient (Wildman–Crippen LogP) is 3.80. The van der Waals surface area contributed by atoms with Gasteiger partial charge < -0.3 is 10.1 Å². The molecular weight excluding hydrogens is 393 g/mol. The first kappa shape index (κ1) is 21.9. The molecule has 2 amide bonds. The monoisotopic (exact) mass is 413 g/mol. The molecule has 1 atom stereocenters. The Hall–Kier alpha value is -3.39. The number of aliphatic imine (C=N–C) groups is 1. The molecule has 1 aliphatic rings. The van der Waals surface area contributed by atoms with Gasteiger partial charge in [0.25, 0.3) is 0 Å². The van der Waals surface area contributed by atoms with Gasteiger partial charge >= 0.3 is 0 Å². The Morgan fingerprint density at radius 2 is 2.21 bits per heavy atom. The van der Waals surface area contributed by atoms with Crippen LogP contribution in [-0.2, 0) is 14.3 Å². The zero-order chi connectivity index (χ0) is 21.2. The van der Waals surface area contributed by atoms with Crippen LogP contribution >= 0.6 is 11.8 Å². The Balaban J connectivity index is 2.37. The highest BCUT2D eigenvalue weighted by Gasteiger charge is 2.39. The lowest BCUT2D eigenvalue weighted by Crippen LogP contribution is -2.34. The van der Waals surface area contributed by atoms with Crippen molar-refractivity contribution in [2.24, 2.45) is 4.99 Å². The third-order valence-electron chi connectivity index (χ3n) is 3.65. The normalized spacial score (nSPS) is 18.2. The summed E-state index contributed by atoms with van der Waals surface area (Å²) in [4.78, 5) is 29.2. The molecule has 1 aromatic carbocycles. The zero-order valence-electron chi connectivity index (χ0n) is 15.6. The quantitative estimate of drug-likeness (QED) is 0.360. The van der Waals surface area contributed by atoms with E-state index in [0.29, 0.717) is 28.6 Å². The van der Waals surface area contributed by atoms with Crippen LogP contribution in [0.2, 0.25) is 0 Å². The first-order valence-corrected chi connectivity index (χ1v) is 9.34. The molecule has 1 aromatic rings. The fourth-order valence-corrected chi connectivity index (χ4v) is 3.59. The van der Waals surface area contributed by atoms with Crippen LogP contribution in [0.4, 0.5) is 10.1 Å². The molecule has 0 radical (unpaired) electrons. The second-order valence-corrected chi connectivity index (χ2v) is 6.71. The van der Waals surface area contributed by atoms with Crippen LogP contribution in [0, 0.1) is 5.82 Å². The van der Waals surface area contributed by atoms with Crippen molar-refractivity contribution >= 4 is 34.9 Å². The molecule has 0 bridgehead atoms. The summed E-state index contributed by atoms with van der Waals surface area (Å²) in [6.07, 6.45) is 7.99. The number of allylic oxidation sites excluding steroid dienone is 3. The summed E-state index contributed by atoms with van der Waals surface area (Å²) in [6.45, 7) is 11.0. The van der Waals surface area contributed by atoms with Gasteiger partial charge in [0.05, 0.1) is 18.5 Å². The largest absolute Gasteiger partial charge is 0.469 e. The molecule has 1 unspecified atom stereocenters. The number of nitrogens with one attached hydrogen (secondary N) is 1. The van der Waals surface area contributed by atoms with Gasteiger partial charge in [-0.1, -0.05) is 49.7 Å². The summed E-state index contributed by atoms with van der Waals surface area (Å²) in [5.74, 6) is -0.370. The van der Waals surface area contributed by atoms with Crippen LogP contribution in [0.5, 0.6) is 0 Å². The van der Waals surface area contributed by atoms with Gasteiger partial charge in [-0.05, 0) is 29.8 Å². The molecule has 1 aliphatic heterocycles. The number of carbonyl (C=O) groups is 2. The van der Waals surface area contributed by atoms with Crippen LogP contribution in [0.15, 0.2) is 91.0 Å². The molecule has 1 saturated heterocycles. The minimum absolute atomic E-state index is 0.0649. The summed E-state index contributed by atoms with van der Waals surface area (Å²) in [5.41, 5.74) is 0.994. The molecule has 0 spiro atoms. The van der Waals surface area contributed by atoms with Crippen molar-refractivity contribution in [1.29, 1.82) is 0 Å². The van der Waals surface area contributed by atoms with Crippen molar-refractivity contribution in [3.8, 4) is 0 Å². The number of halogens is 1. The van der Waals surface area contributed by atoms with Gasteiger partial charge in [0.2, 0.25) is 12.3 Å². The Morgan fingerprint density at radius 3 is 2.86 bits per heavy atom. The minimum Gasteiger partial charge on any atom is -0.469 e. The lowest BCUT2D eigenvalue weighted by Gasteiger charge is -2.17. The Bertz CT molecular complexity index is 908. The van der Waals surface area contributed by atoms with Gasteiger partial charge in [-0.15, -0.1) is 0 Å². The van der Waals surface area contributed by atoms with Gasteiger partial charge in [-0.2, -0.15) is 0 Å². The standard InChI is InChI=1S/C21H20FN3O3S/c1-4-16(8-7-11-23-14-26)19-20(27)25(13-15(3)28-5-2)21(29-19)24-18-10-6-9-17(22)12-18/h4-12,14,19H,1-3,13H2,(H,23,26)/b11-7+,16-8+,24-21?. The molecule has 8 heteroatoms. The number of hydrogen-bond donors (Lipinski definition) is 1. The van der Waals surface area contributed by atoms with E-state index in [0.717, 1.165) is 0 Å². The van der Waals surface area contributed by atoms with Crippen molar-refractivity contribution in [3.05, 3.63) is 91.8 Å². The Kier molecular flexibility index (Phi) is 8.17. The fraction of sp³-hybridized carbons (Fsp3) is 0.0952. The molecule has 0 aromatic heterocycles. The van der Waals surface area contributed by atoms with Crippen molar-refractivity contribution in [2.45, 2.75) is 5.25 Å². The second-order valence-electron chi connectivity index (χ2n) is 5.63. The van der Waals surface area contributed by atoms with Crippen LogP contribution in [-0.4, -0.2) is 34.2 Å². The molecule has 1 heterocycles. The van der Waals surface area contributed by atoms with Gasteiger partial charge in [0.15, 0.2) is 5.17 Å². The number of hydrogen-bond acceptors (Lipinski definition) is 5. The molecule has 1 fully saturated rings. The fourth-order valence-electron chi connectivity index (χ4n) is 2.40. The molecule has 29 heavy (non-hydrogen) atoms. The lowest BCUT2D eigenvalue weighted by molar-refractivity contribution is -0.125. The van der Waals surface area contributed by atoms with Crippen LogP contribution in [0.3, 0.4) is 0 Å². The van der Waals surface area contributed by atoms with Gasteiger partial charge in [0, 0.05) is 6.20 Å². The number of benzene rings is 1. The number of thioether (sulfide) groups is 1. The van der Waals surface area contributed by atoms with Crippen LogP contribution < -0.4 is 5.32 Å². The maximum atomic E-state index is 13.5. The van der Waals surface area contributed by atoms with Crippen LogP contribution in [0.25, 0.3) is 0 Å². The molecule has 0 saturated carbocycles. The number of amidine groups is 1. The van der Waals surface area contributed by atoms with Gasteiger partial charge in [-0.25, -0.2) is 9.38 Å². The number of nitrogens with zero attached hydrogens (tertiary/aromatic N) is 2. The maximum Gasteiger partial charge on any atom is 0.247 e. The Morgan fingerprint density at radius 1 is 1.41 bits per heavy atom. The summed E-state index contributed by atoms with van der Waals surface area (Å²) < 4.78 is 18.7. The highest BCUT2D eigenvalue weighted by atomic mass is 32.2. The maximum absolute atomic E-state index is 13.5. The SMILES string of the molecule is C=COC(=C)CN1C(=O)C(/C(C=C)=C/C=C/NC=O)SC1=Nc1cccc(F)c1. The third-order valence-corrected chi connectivity index (χ3v) is 4.88. The minimum atomic E-state index is -0.614. The van der Waals surface area contributed by atoms with Crippen molar-refractivity contribution in [3.63, 3.8) is 0 Å². The summed E-state index contributed by atoms with van der Waals surface area (Å²) in [7, 11) is 0. The average Bonchev–Trinajstić information content (AvgIpc) is 2.98. The first-order valence-electron chi connectivity index (χ1n) is 8.46. The molecule has 6 nitrogen and oxygen atoms in total. The van der Waals surface area contributed by atoms with E-state index in [1.807, 2.05) is 0 Å². The van der Waals surface area contributed by atoms with E-state index in [-0.39, 0.29) is 12.5 Å². The number of carbonyl (C=O) groups excluding carboxylic acids is 2. The number of amides is 2. The van der Waals surface area contributed by atoms with Crippen molar-refractivity contribution < 1.29 is 18.7 Å². The van der Waals surface area contributed by atoms with E-state index >= 15 is 0 Å². The zero-order valence-corrected chi connectivity index (χ0v) is 16.4. The van der Waals surface area contributed by atoms with Crippen LogP contribution in [0.1, 0.15) is 0 Å². The van der Waals surface area contributed by atoms with E-state index in [2.05, 4.69) is 30.0 Å². The van der Waals surface area contributed by atoms with E-state index in [4.69, 9.17) is 4.74 Å². The Labute approximate surface area is 172 Å². The van der Waals surface area contributed by atoms with Gasteiger partial charge in [0.1, 0.15) is 16.8 Å². The highest BCUT2D eigenvalue weighted by molar-refractivity contribution is 8.15. The number of rotatable bonds is 10. The highest BCUT2D eigenvalue weighted by Crippen LogP contribution is 2.34. The van der Waals surface area contributed by atoms with E-state index in [1.54, 1.807) is 24.3 Å². The first-order chi connectivity index (χ1) is 14.0. The van der Waals surface area contributed by atoms with E-state index < -0.39 is 11.1 Å². The molecular formula is C21H20FN3O3S. The number of ether oxygens (including phenoxy) is 1. The lowest BCUT2D eigenvalue weighted by atomic mass is 10.1. The summed E-state index contributed by atoms with van der Waals surface area (Å²) >= 11 is 1.20. The topological polar surface area (TPSA) is 71.0 Å². The van der Waals surface area contributed by atoms with Gasteiger partial charge in [-0.3, -0.25) is 14.5 Å². The molecule has 150 valence electrons. The second kappa shape index (κ2) is 10.8. The van der Waals surface area contributed by atoms with Crippen molar-refractivity contribution in [1.82, 2.24) is 10.2 Å². The summed E-state index contributed by atoms with van der Waals surface area (Å²) in [5, 5.41) is 2.15. The summed E-state index contributed by atoms with van der Waals surface area (Å²) in [6, 6.07) is 5.77.